The molecule has 1 saturated heterocycles. The Morgan fingerprint density at radius 3 is 2.77 bits per heavy atom. The van der Waals surface area contributed by atoms with Crippen molar-refractivity contribution < 1.29 is 4.79 Å². The van der Waals surface area contributed by atoms with Gasteiger partial charge in [-0.15, -0.1) is 6.58 Å². The highest BCUT2D eigenvalue weighted by Crippen LogP contribution is 2.33. The number of aryl methyl sites for hydroxylation is 1. The second-order valence-corrected chi connectivity index (χ2v) is 9.16. The normalized spacial score (nSPS) is 15.3. The summed E-state index contributed by atoms with van der Waals surface area (Å²) in [6.07, 6.45) is 10.6. The molecular weight excluding hydrogens is 428 g/mol. The van der Waals surface area contributed by atoms with Gasteiger partial charge in [0.15, 0.2) is 0 Å². The van der Waals surface area contributed by atoms with Crippen molar-refractivity contribution in [2.24, 2.45) is 0 Å². The summed E-state index contributed by atoms with van der Waals surface area (Å²) in [6.45, 7) is 8.87. The van der Waals surface area contributed by atoms with E-state index in [2.05, 4.69) is 23.8 Å². The topological polar surface area (TPSA) is 66.7 Å². The van der Waals surface area contributed by atoms with Crippen LogP contribution in [0.2, 0.25) is 0 Å². The standard InChI is InChI=1S/C23H28N4O2S2/c1-4-6-7-8-9-13-27-22(29)18(31-23(27)30)15-17-19(24-12-5-2)25-20-16(3)11-10-14-26(20)21(17)28/h5,10-11,14-15,24H,2,4,6-9,12-13H2,1,3H3/b18-15+. The number of rotatable bonds is 10. The molecule has 3 rings (SSSR count). The first-order chi connectivity index (χ1) is 15.0. The van der Waals surface area contributed by atoms with E-state index in [4.69, 9.17) is 12.2 Å². The number of pyridine rings is 1. The van der Waals surface area contributed by atoms with Crippen LogP contribution in [0.5, 0.6) is 0 Å². The van der Waals surface area contributed by atoms with Crippen molar-refractivity contribution in [3.05, 3.63) is 57.4 Å². The average molecular weight is 457 g/mol. The third-order valence-electron chi connectivity index (χ3n) is 5.13. The summed E-state index contributed by atoms with van der Waals surface area (Å²) in [5.41, 5.74) is 1.58. The van der Waals surface area contributed by atoms with Crippen LogP contribution < -0.4 is 10.9 Å². The lowest BCUT2D eigenvalue weighted by molar-refractivity contribution is -0.122. The molecule has 164 valence electrons. The van der Waals surface area contributed by atoms with Crippen molar-refractivity contribution in [3.8, 4) is 0 Å². The van der Waals surface area contributed by atoms with Gasteiger partial charge in [0, 0.05) is 19.3 Å². The summed E-state index contributed by atoms with van der Waals surface area (Å²) in [7, 11) is 0. The second-order valence-electron chi connectivity index (χ2n) is 7.48. The number of aromatic nitrogens is 2. The molecule has 1 amide bonds. The predicted molar refractivity (Wildman–Crippen MR) is 134 cm³/mol. The van der Waals surface area contributed by atoms with Crippen LogP contribution in [0.3, 0.4) is 0 Å². The number of anilines is 1. The number of thiocarbonyl (C=S) groups is 1. The van der Waals surface area contributed by atoms with Crippen LogP contribution >= 0.6 is 24.0 Å². The number of hydrogen-bond donors (Lipinski definition) is 1. The molecule has 3 heterocycles. The third-order valence-corrected chi connectivity index (χ3v) is 6.51. The molecule has 6 nitrogen and oxygen atoms in total. The van der Waals surface area contributed by atoms with Crippen LogP contribution in [0.4, 0.5) is 5.82 Å². The van der Waals surface area contributed by atoms with Crippen molar-refractivity contribution in [3.63, 3.8) is 0 Å². The number of carbonyl (C=O) groups is 1. The molecule has 8 heteroatoms. The second kappa shape index (κ2) is 10.7. The van der Waals surface area contributed by atoms with Gasteiger partial charge in [-0.2, -0.15) is 0 Å². The fourth-order valence-electron chi connectivity index (χ4n) is 3.44. The number of carbonyl (C=O) groups excluding carboxylic acids is 1. The molecular formula is C23H28N4O2S2. The fraction of sp³-hybridized carbons (Fsp3) is 0.391. The Kier molecular flexibility index (Phi) is 8.03. The van der Waals surface area contributed by atoms with E-state index >= 15 is 0 Å². The van der Waals surface area contributed by atoms with E-state index < -0.39 is 0 Å². The van der Waals surface area contributed by atoms with E-state index in [1.807, 2.05) is 19.1 Å². The number of thioether (sulfide) groups is 1. The Morgan fingerprint density at radius 2 is 2.03 bits per heavy atom. The van der Waals surface area contributed by atoms with Gasteiger partial charge in [0.2, 0.25) is 0 Å². The first-order valence-electron chi connectivity index (χ1n) is 10.6. The maximum absolute atomic E-state index is 13.2. The van der Waals surface area contributed by atoms with E-state index in [0.29, 0.717) is 39.3 Å². The lowest BCUT2D eigenvalue weighted by Gasteiger charge is -2.14. The molecule has 0 radical (unpaired) electrons. The van der Waals surface area contributed by atoms with Crippen LogP contribution in [-0.4, -0.2) is 37.6 Å². The molecule has 0 atom stereocenters. The van der Waals surface area contributed by atoms with Crippen LogP contribution in [0.1, 0.15) is 50.2 Å². The van der Waals surface area contributed by atoms with Crippen LogP contribution in [-0.2, 0) is 4.79 Å². The molecule has 1 aliphatic heterocycles. The number of nitrogens with one attached hydrogen (secondary N) is 1. The Bertz CT molecular complexity index is 1090. The maximum atomic E-state index is 13.2. The number of unbranched alkanes of at least 4 members (excludes halogenated alkanes) is 4. The number of fused-ring (bicyclic) bond motifs is 1. The molecule has 1 fully saturated rings. The minimum Gasteiger partial charge on any atom is -0.366 e. The summed E-state index contributed by atoms with van der Waals surface area (Å²) >= 11 is 6.68. The quantitative estimate of drug-likeness (QED) is 0.240. The molecule has 0 saturated carbocycles. The maximum Gasteiger partial charge on any atom is 0.267 e. The molecule has 2 aromatic heterocycles. The van der Waals surface area contributed by atoms with Gasteiger partial charge in [-0.3, -0.25) is 18.9 Å². The number of hydrogen-bond acceptors (Lipinski definition) is 6. The van der Waals surface area contributed by atoms with Gasteiger partial charge < -0.3 is 5.32 Å². The molecule has 0 spiro atoms. The summed E-state index contributed by atoms with van der Waals surface area (Å²) in [5.74, 6) is 0.290. The van der Waals surface area contributed by atoms with Gasteiger partial charge >= 0.3 is 0 Å². The smallest absolute Gasteiger partial charge is 0.267 e. The van der Waals surface area contributed by atoms with Gasteiger partial charge in [0.05, 0.1) is 10.5 Å². The minimum absolute atomic E-state index is 0.145. The van der Waals surface area contributed by atoms with E-state index in [1.165, 1.54) is 35.4 Å². The Morgan fingerprint density at radius 1 is 1.26 bits per heavy atom. The van der Waals surface area contributed by atoms with Crippen molar-refractivity contribution in [1.29, 1.82) is 0 Å². The highest BCUT2D eigenvalue weighted by atomic mass is 32.2. The van der Waals surface area contributed by atoms with Gasteiger partial charge in [-0.25, -0.2) is 4.98 Å². The third kappa shape index (κ3) is 5.25. The Balaban J connectivity index is 1.93. The Hall–Kier alpha value is -2.45. The van der Waals surface area contributed by atoms with Crippen LogP contribution in [0.25, 0.3) is 11.7 Å². The molecule has 1 N–H and O–H groups in total. The number of nitrogens with zero attached hydrogens (tertiary/aromatic N) is 3. The van der Waals surface area contributed by atoms with Crippen molar-refractivity contribution in [2.45, 2.75) is 46.0 Å². The lowest BCUT2D eigenvalue weighted by atomic mass is 10.1. The monoisotopic (exact) mass is 456 g/mol. The molecule has 1 aliphatic rings. The highest BCUT2D eigenvalue weighted by molar-refractivity contribution is 8.26. The van der Waals surface area contributed by atoms with Crippen molar-refractivity contribution in [2.75, 3.05) is 18.4 Å². The zero-order chi connectivity index (χ0) is 22.4. The van der Waals surface area contributed by atoms with E-state index in [9.17, 15) is 9.59 Å². The summed E-state index contributed by atoms with van der Waals surface area (Å²) < 4.78 is 2.05. The van der Waals surface area contributed by atoms with Crippen LogP contribution in [0, 0.1) is 6.92 Å². The van der Waals surface area contributed by atoms with Gasteiger partial charge in [-0.1, -0.05) is 68.7 Å². The molecule has 31 heavy (non-hydrogen) atoms. The molecule has 0 unspecified atom stereocenters. The summed E-state index contributed by atoms with van der Waals surface area (Å²) in [4.78, 5) is 33.0. The largest absolute Gasteiger partial charge is 0.366 e. The lowest BCUT2D eigenvalue weighted by Crippen LogP contribution is -2.29. The molecule has 0 bridgehead atoms. The number of amides is 1. The zero-order valence-electron chi connectivity index (χ0n) is 18.0. The first-order valence-corrected chi connectivity index (χ1v) is 11.8. The van der Waals surface area contributed by atoms with Crippen LogP contribution in [0.15, 0.2) is 40.7 Å². The van der Waals surface area contributed by atoms with E-state index in [0.717, 1.165) is 18.4 Å². The first kappa shape index (κ1) is 23.2. The Labute approximate surface area is 192 Å². The molecule has 0 aromatic carbocycles. The van der Waals surface area contributed by atoms with Crippen molar-refractivity contribution in [1.82, 2.24) is 14.3 Å². The van der Waals surface area contributed by atoms with Gasteiger partial charge in [0.1, 0.15) is 15.8 Å². The molecule has 2 aromatic rings. The highest BCUT2D eigenvalue weighted by Gasteiger charge is 2.32. The summed E-state index contributed by atoms with van der Waals surface area (Å²) in [6, 6.07) is 3.72. The molecule has 0 aliphatic carbocycles. The van der Waals surface area contributed by atoms with E-state index in [1.54, 1.807) is 23.2 Å². The zero-order valence-corrected chi connectivity index (χ0v) is 19.7. The van der Waals surface area contributed by atoms with Crippen molar-refractivity contribution >= 4 is 51.7 Å². The average Bonchev–Trinajstić information content (AvgIpc) is 3.02. The van der Waals surface area contributed by atoms with Gasteiger partial charge in [0.25, 0.3) is 11.5 Å². The fourth-order valence-corrected chi connectivity index (χ4v) is 4.73. The summed E-state index contributed by atoms with van der Waals surface area (Å²) in [5, 5.41) is 3.13. The predicted octanol–water partition coefficient (Wildman–Crippen LogP) is 4.77. The SMILES string of the molecule is C=CCNc1nc2c(C)cccn2c(=O)c1/C=C1/SC(=S)N(CCCCCCC)C1=O. The van der Waals surface area contributed by atoms with Gasteiger partial charge in [-0.05, 0) is 31.1 Å². The minimum atomic E-state index is -0.231. The van der Waals surface area contributed by atoms with E-state index in [-0.39, 0.29) is 11.5 Å².